The summed E-state index contributed by atoms with van der Waals surface area (Å²) in [5.74, 6) is -1.45. The van der Waals surface area contributed by atoms with Crippen LogP contribution in [0.5, 0.6) is 0 Å². The molecule has 1 amide bonds. The fourth-order valence-electron chi connectivity index (χ4n) is 2.38. The average molecular weight is 345 g/mol. The molecule has 1 aromatic rings. The number of rotatable bonds is 7. The van der Waals surface area contributed by atoms with Crippen LogP contribution in [0.2, 0.25) is 0 Å². The summed E-state index contributed by atoms with van der Waals surface area (Å²) in [6, 6.07) is 4.61. The van der Waals surface area contributed by atoms with Crippen LogP contribution in [0.3, 0.4) is 0 Å². The van der Waals surface area contributed by atoms with Crippen molar-refractivity contribution < 1.29 is 27.9 Å². The van der Waals surface area contributed by atoms with Gasteiger partial charge in [-0.05, 0) is 37.5 Å². The molecule has 1 unspecified atom stereocenters. The highest BCUT2D eigenvalue weighted by molar-refractivity contribution is 5.78. The molecule has 4 nitrogen and oxygen atoms in total. The van der Waals surface area contributed by atoms with Gasteiger partial charge >= 0.3 is 12.1 Å². The first-order valence-electron chi connectivity index (χ1n) is 7.70. The Kier molecular flexibility index (Phi) is 6.81. The Hall–Kier alpha value is -2.05. The number of hydrogen-bond donors (Lipinski definition) is 1. The SMILES string of the molecule is CC(CC(=O)N(CCC(=O)O)C(C)C)c1ccc(C(F)(F)F)cc1. The van der Waals surface area contributed by atoms with Gasteiger partial charge in [0.15, 0.2) is 0 Å². The summed E-state index contributed by atoms with van der Waals surface area (Å²) in [6.07, 6.45) is -4.41. The largest absolute Gasteiger partial charge is 0.481 e. The first-order valence-corrected chi connectivity index (χ1v) is 7.70. The van der Waals surface area contributed by atoms with E-state index in [-0.39, 0.29) is 37.3 Å². The molecule has 24 heavy (non-hydrogen) atoms. The van der Waals surface area contributed by atoms with Gasteiger partial charge in [0.05, 0.1) is 12.0 Å². The zero-order valence-corrected chi connectivity index (χ0v) is 13.9. The Balaban J connectivity index is 2.75. The highest BCUT2D eigenvalue weighted by Gasteiger charge is 2.30. The van der Waals surface area contributed by atoms with Crippen molar-refractivity contribution in [3.05, 3.63) is 35.4 Å². The van der Waals surface area contributed by atoms with Crippen LogP contribution in [0, 0.1) is 0 Å². The topological polar surface area (TPSA) is 57.6 Å². The molecule has 0 fully saturated rings. The van der Waals surface area contributed by atoms with Crippen molar-refractivity contribution in [3.8, 4) is 0 Å². The Morgan fingerprint density at radius 2 is 1.67 bits per heavy atom. The van der Waals surface area contributed by atoms with Crippen molar-refractivity contribution >= 4 is 11.9 Å². The van der Waals surface area contributed by atoms with Crippen LogP contribution in [0.25, 0.3) is 0 Å². The molecule has 0 aliphatic rings. The first kappa shape index (κ1) is 20.0. The van der Waals surface area contributed by atoms with Gasteiger partial charge in [0.1, 0.15) is 0 Å². The minimum atomic E-state index is -4.39. The molecule has 0 spiro atoms. The molecule has 0 saturated carbocycles. The van der Waals surface area contributed by atoms with Crippen molar-refractivity contribution in [2.45, 2.75) is 51.7 Å². The van der Waals surface area contributed by atoms with Gasteiger partial charge in [-0.25, -0.2) is 0 Å². The molecule has 134 valence electrons. The Morgan fingerprint density at radius 1 is 1.12 bits per heavy atom. The van der Waals surface area contributed by atoms with Crippen molar-refractivity contribution in [2.75, 3.05) is 6.54 Å². The lowest BCUT2D eigenvalue weighted by Gasteiger charge is -2.27. The fourth-order valence-corrected chi connectivity index (χ4v) is 2.38. The molecular weight excluding hydrogens is 323 g/mol. The van der Waals surface area contributed by atoms with Gasteiger partial charge in [0.25, 0.3) is 0 Å². The molecule has 7 heteroatoms. The Labute approximate surface area is 139 Å². The van der Waals surface area contributed by atoms with Crippen LogP contribution in [0.15, 0.2) is 24.3 Å². The van der Waals surface area contributed by atoms with Crippen LogP contribution in [-0.4, -0.2) is 34.5 Å². The predicted molar refractivity (Wildman–Crippen MR) is 83.6 cm³/mol. The number of hydrogen-bond acceptors (Lipinski definition) is 2. The third kappa shape index (κ3) is 5.86. The number of alkyl halides is 3. The van der Waals surface area contributed by atoms with Gasteiger partial charge < -0.3 is 10.0 Å². The molecule has 0 saturated heterocycles. The maximum Gasteiger partial charge on any atom is 0.416 e. The molecule has 1 atom stereocenters. The number of nitrogens with zero attached hydrogens (tertiary/aromatic N) is 1. The van der Waals surface area contributed by atoms with Crippen LogP contribution in [-0.2, 0) is 15.8 Å². The lowest BCUT2D eigenvalue weighted by molar-refractivity contribution is -0.140. The van der Waals surface area contributed by atoms with E-state index in [0.717, 1.165) is 12.1 Å². The van der Waals surface area contributed by atoms with E-state index < -0.39 is 17.7 Å². The number of carboxylic acid groups (broad SMARTS) is 1. The molecule has 1 aromatic carbocycles. The van der Waals surface area contributed by atoms with Crippen LogP contribution in [0.4, 0.5) is 13.2 Å². The summed E-state index contributed by atoms with van der Waals surface area (Å²) >= 11 is 0. The van der Waals surface area contributed by atoms with Gasteiger partial charge in [-0.3, -0.25) is 9.59 Å². The standard InChI is InChI=1S/C17H22F3NO3/c1-11(2)21(9-8-16(23)24)15(22)10-12(3)13-4-6-14(7-5-13)17(18,19)20/h4-7,11-12H,8-10H2,1-3H3,(H,23,24). The van der Waals surface area contributed by atoms with Crippen LogP contribution >= 0.6 is 0 Å². The number of carbonyl (C=O) groups is 2. The van der Waals surface area contributed by atoms with Crippen molar-refractivity contribution in [1.29, 1.82) is 0 Å². The van der Waals surface area contributed by atoms with E-state index in [1.807, 2.05) is 0 Å². The van der Waals surface area contributed by atoms with E-state index in [4.69, 9.17) is 5.11 Å². The Bertz CT molecular complexity index is 567. The third-order valence-electron chi connectivity index (χ3n) is 3.80. The number of aliphatic carboxylic acids is 1. The summed E-state index contributed by atoms with van der Waals surface area (Å²) < 4.78 is 37.7. The van der Waals surface area contributed by atoms with E-state index in [1.54, 1.807) is 20.8 Å². The third-order valence-corrected chi connectivity index (χ3v) is 3.80. The molecule has 1 rings (SSSR count). The van der Waals surface area contributed by atoms with Crippen LogP contribution in [0.1, 0.15) is 50.7 Å². The van der Waals surface area contributed by atoms with Crippen molar-refractivity contribution in [2.24, 2.45) is 0 Å². The molecule has 1 N–H and O–H groups in total. The minimum Gasteiger partial charge on any atom is -0.481 e. The second-order valence-corrected chi connectivity index (χ2v) is 6.05. The van der Waals surface area contributed by atoms with Gasteiger partial charge in [0, 0.05) is 19.0 Å². The monoisotopic (exact) mass is 345 g/mol. The molecule has 0 radical (unpaired) electrons. The molecule has 0 bridgehead atoms. The van der Waals surface area contributed by atoms with E-state index in [2.05, 4.69) is 0 Å². The summed E-state index contributed by atoms with van der Waals surface area (Å²) in [7, 11) is 0. The quantitative estimate of drug-likeness (QED) is 0.815. The second-order valence-electron chi connectivity index (χ2n) is 6.05. The van der Waals surface area contributed by atoms with E-state index >= 15 is 0 Å². The minimum absolute atomic E-state index is 0.114. The average Bonchev–Trinajstić information content (AvgIpc) is 2.45. The second kappa shape index (κ2) is 8.17. The number of amides is 1. The molecule has 0 aromatic heterocycles. The van der Waals surface area contributed by atoms with Crippen LogP contribution < -0.4 is 0 Å². The molecule has 0 aliphatic heterocycles. The Morgan fingerprint density at radius 3 is 2.08 bits per heavy atom. The first-order chi connectivity index (χ1) is 11.0. The van der Waals surface area contributed by atoms with Gasteiger partial charge in [0.2, 0.25) is 5.91 Å². The van der Waals surface area contributed by atoms with Gasteiger partial charge in [-0.15, -0.1) is 0 Å². The summed E-state index contributed by atoms with van der Waals surface area (Å²) in [4.78, 5) is 24.5. The molecule has 0 aliphatic carbocycles. The summed E-state index contributed by atoms with van der Waals surface area (Å²) in [6.45, 7) is 5.47. The lowest BCUT2D eigenvalue weighted by atomic mass is 9.96. The number of benzene rings is 1. The van der Waals surface area contributed by atoms with E-state index in [9.17, 15) is 22.8 Å². The van der Waals surface area contributed by atoms with Crippen molar-refractivity contribution in [3.63, 3.8) is 0 Å². The fraction of sp³-hybridized carbons (Fsp3) is 0.529. The van der Waals surface area contributed by atoms with Gasteiger partial charge in [-0.1, -0.05) is 19.1 Å². The number of carbonyl (C=O) groups excluding carboxylic acids is 1. The highest BCUT2D eigenvalue weighted by atomic mass is 19.4. The summed E-state index contributed by atoms with van der Waals surface area (Å²) in [5.41, 5.74) is -0.0895. The maximum atomic E-state index is 12.6. The van der Waals surface area contributed by atoms with Crippen molar-refractivity contribution in [1.82, 2.24) is 4.90 Å². The zero-order chi connectivity index (χ0) is 18.5. The smallest absolute Gasteiger partial charge is 0.416 e. The van der Waals surface area contributed by atoms with E-state index in [1.165, 1.54) is 17.0 Å². The number of halogens is 3. The van der Waals surface area contributed by atoms with Gasteiger partial charge in [-0.2, -0.15) is 13.2 Å². The molecule has 0 heterocycles. The van der Waals surface area contributed by atoms with E-state index in [0.29, 0.717) is 5.56 Å². The lowest BCUT2D eigenvalue weighted by Crippen LogP contribution is -2.39. The predicted octanol–water partition coefficient (Wildman–Crippen LogP) is 3.91. The summed E-state index contributed by atoms with van der Waals surface area (Å²) in [5, 5.41) is 8.75. The zero-order valence-electron chi connectivity index (χ0n) is 13.9. The molecular formula is C17H22F3NO3. The normalized spacial score (nSPS) is 13.0. The highest BCUT2D eigenvalue weighted by Crippen LogP contribution is 2.30. The number of carboxylic acids is 1. The maximum absolute atomic E-state index is 12.6.